The Kier molecular flexibility index (Phi) is 5.35. The van der Waals surface area contributed by atoms with Crippen molar-refractivity contribution in [2.45, 2.75) is 20.0 Å². The summed E-state index contributed by atoms with van der Waals surface area (Å²) in [6.07, 6.45) is -1.46. The van der Waals surface area contributed by atoms with E-state index in [9.17, 15) is 18.0 Å². The standard InChI is InChI=1S/C21H18F3N3O/c1-13-3-4-14(2)19(9-13)27-20(28)15-10-18(12-25-11-15)26-17-7-5-16(6-8-17)21(22,23)24/h3-12,26H,1-2H3,(H,27,28). The summed E-state index contributed by atoms with van der Waals surface area (Å²) >= 11 is 0. The minimum atomic E-state index is -4.38. The van der Waals surface area contributed by atoms with E-state index < -0.39 is 11.7 Å². The molecular formula is C21H18F3N3O. The van der Waals surface area contributed by atoms with E-state index in [2.05, 4.69) is 15.6 Å². The molecule has 3 aromatic rings. The maximum atomic E-state index is 12.6. The van der Waals surface area contributed by atoms with Gasteiger partial charge >= 0.3 is 6.18 Å². The quantitative estimate of drug-likeness (QED) is 0.605. The smallest absolute Gasteiger partial charge is 0.354 e. The van der Waals surface area contributed by atoms with Gasteiger partial charge in [0, 0.05) is 17.6 Å². The van der Waals surface area contributed by atoms with E-state index in [1.165, 1.54) is 24.5 Å². The van der Waals surface area contributed by atoms with Crippen molar-refractivity contribution in [3.8, 4) is 0 Å². The topological polar surface area (TPSA) is 54.0 Å². The molecule has 144 valence electrons. The number of benzene rings is 2. The number of aromatic nitrogens is 1. The van der Waals surface area contributed by atoms with Gasteiger partial charge in [0.15, 0.2) is 0 Å². The van der Waals surface area contributed by atoms with Crippen molar-refractivity contribution in [1.29, 1.82) is 0 Å². The molecule has 1 aromatic heterocycles. The molecule has 0 aliphatic heterocycles. The predicted octanol–water partition coefficient (Wildman–Crippen LogP) is 5.71. The molecule has 0 atom stereocenters. The SMILES string of the molecule is Cc1ccc(C)c(NC(=O)c2cncc(Nc3ccc(C(F)(F)F)cc3)c2)c1. The number of nitrogens with one attached hydrogen (secondary N) is 2. The van der Waals surface area contributed by atoms with E-state index >= 15 is 0 Å². The molecule has 0 spiro atoms. The zero-order chi connectivity index (χ0) is 20.3. The van der Waals surface area contributed by atoms with Crippen LogP contribution in [0.2, 0.25) is 0 Å². The Morgan fingerprint density at radius 1 is 0.929 bits per heavy atom. The predicted molar refractivity (Wildman–Crippen MR) is 103 cm³/mol. The van der Waals surface area contributed by atoms with Crippen LogP contribution in [-0.4, -0.2) is 10.9 Å². The average Bonchev–Trinajstić information content (AvgIpc) is 2.64. The molecule has 2 aromatic carbocycles. The highest BCUT2D eigenvalue weighted by molar-refractivity contribution is 6.05. The summed E-state index contributed by atoms with van der Waals surface area (Å²) in [7, 11) is 0. The number of alkyl halides is 3. The second-order valence-corrected chi connectivity index (χ2v) is 6.43. The number of anilines is 3. The number of pyridine rings is 1. The average molecular weight is 385 g/mol. The highest BCUT2D eigenvalue weighted by atomic mass is 19.4. The van der Waals surface area contributed by atoms with Gasteiger partial charge in [-0.25, -0.2) is 0 Å². The van der Waals surface area contributed by atoms with Gasteiger partial charge in [-0.3, -0.25) is 9.78 Å². The lowest BCUT2D eigenvalue weighted by Crippen LogP contribution is -2.13. The van der Waals surface area contributed by atoms with Crippen LogP contribution >= 0.6 is 0 Å². The second kappa shape index (κ2) is 7.72. The van der Waals surface area contributed by atoms with E-state index in [1.54, 1.807) is 6.07 Å². The van der Waals surface area contributed by atoms with Crippen LogP contribution in [0.4, 0.5) is 30.2 Å². The third-order valence-corrected chi connectivity index (χ3v) is 4.14. The Morgan fingerprint density at radius 2 is 1.64 bits per heavy atom. The van der Waals surface area contributed by atoms with Crippen molar-refractivity contribution in [2.24, 2.45) is 0 Å². The van der Waals surface area contributed by atoms with Crippen molar-refractivity contribution in [3.63, 3.8) is 0 Å². The second-order valence-electron chi connectivity index (χ2n) is 6.43. The van der Waals surface area contributed by atoms with Crippen LogP contribution in [0.1, 0.15) is 27.0 Å². The molecular weight excluding hydrogens is 367 g/mol. The molecule has 0 bridgehead atoms. The van der Waals surface area contributed by atoms with Crippen LogP contribution in [0.3, 0.4) is 0 Å². The first-order valence-corrected chi connectivity index (χ1v) is 8.50. The molecule has 1 amide bonds. The fourth-order valence-electron chi connectivity index (χ4n) is 2.61. The number of aryl methyl sites for hydroxylation is 2. The molecule has 3 rings (SSSR count). The van der Waals surface area contributed by atoms with Gasteiger partial charge in [0.25, 0.3) is 5.91 Å². The van der Waals surface area contributed by atoms with Crippen molar-refractivity contribution in [1.82, 2.24) is 4.98 Å². The Labute approximate surface area is 160 Å². The normalized spacial score (nSPS) is 11.2. The Hall–Kier alpha value is -3.35. The summed E-state index contributed by atoms with van der Waals surface area (Å²) in [6, 6.07) is 12.0. The molecule has 28 heavy (non-hydrogen) atoms. The highest BCUT2D eigenvalue weighted by Crippen LogP contribution is 2.30. The third-order valence-electron chi connectivity index (χ3n) is 4.14. The minimum Gasteiger partial charge on any atom is -0.354 e. The Balaban J connectivity index is 1.75. The number of carbonyl (C=O) groups is 1. The van der Waals surface area contributed by atoms with Crippen molar-refractivity contribution >= 4 is 23.0 Å². The molecule has 1 heterocycles. The van der Waals surface area contributed by atoms with Crippen LogP contribution in [0.25, 0.3) is 0 Å². The van der Waals surface area contributed by atoms with E-state index in [1.807, 2.05) is 32.0 Å². The number of rotatable bonds is 4. The Morgan fingerprint density at radius 3 is 2.32 bits per heavy atom. The van der Waals surface area contributed by atoms with Crippen molar-refractivity contribution in [3.05, 3.63) is 83.2 Å². The number of hydrogen-bond acceptors (Lipinski definition) is 3. The maximum Gasteiger partial charge on any atom is 0.416 e. The molecule has 0 aliphatic carbocycles. The van der Waals surface area contributed by atoms with Crippen molar-refractivity contribution < 1.29 is 18.0 Å². The fourth-order valence-corrected chi connectivity index (χ4v) is 2.61. The van der Waals surface area contributed by atoms with Crippen LogP contribution in [0.5, 0.6) is 0 Å². The van der Waals surface area contributed by atoms with Gasteiger partial charge in [0.05, 0.1) is 23.0 Å². The zero-order valence-electron chi connectivity index (χ0n) is 15.3. The first-order chi connectivity index (χ1) is 13.2. The number of nitrogens with zero attached hydrogens (tertiary/aromatic N) is 1. The van der Waals surface area contributed by atoms with Gasteiger partial charge in [0.1, 0.15) is 0 Å². The molecule has 0 fully saturated rings. The van der Waals surface area contributed by atoms with E-state index in [4.69, 9.17) is 0 Å². The lowest BCUT2D eigenvalue weighted by Gasteiger charge is -2.11. The van der Waals surface area contributed by atoms with Crippen LogP contribution in [-0.2, 0) is 6.18 Å². The molecule has 0 saturated heterocycles. The Bertz CT molecular complexity index is 999. The van der Waals surface area contributed by atoms with Crippen LogP contribution < -0.4 is 10.6 Å². The van der Waals surface area contributed by atoms with Gasteiger partial charge in [0.2, 0.25) is 0 Å². The monoisotopic (exact) mass is 385 g/mol. The maximum absolute atomic E-state index is 12.6. The van der Waals surface area contributed by atoms with Gasteiger partial charge in [-0.05, 0) is 61.4 Å². The number of amides is 1. The molecule has 2 N–H and O–H groups in total. The molecule has 0 unspecified atom stereocenters. The molecule has 7 heteroatoms. The lowest BCUT2D eigenvalue weighted by atomic mass is 10.1. The largest absolute Gasteiger partial charge is 0.416 e. The number of halogens is 3. The highest BCUT2D eigenvalue weighted by Gasteiger charge is 2.29. The summed E-state index contributed by atoms with van der Waals surface area (Å²) in [5.41, 5.74) is 3.24. The number of carbonyl (C=O) groups excluding carboxylic acids is 1. The zero-order valence-corrected chi connectivity index (χ0v) is 15.3. The summed E-state index contributed by atoms with van der Waals surface area (Å²) in [6.45, 7) is 3.83. The van der Waals surface area contributed by atoms with E-state index in [0.717, 1.165) is 23.3 Å². The van der Waals surface area contributed by atoms with Crippen LogP contribution in [0.15, 0.2) is 60.9 Å². The summed E-state index contributed by atoms with van der Waals surface area (Å²) in [5.74, 6) is -0.322. The van der Waals surface area contributed by atoms with Gasteiger partial charge in [-0.15, -0.1) is 0 Å². The van der Waals surface area contributed by atoms with Gasteiger partial charge in [-0.2, -0.15) is 13.2 Å². The summed E-state index contributed by atoms with van der Waals surface area (Å²) < 4.78 is 37.9. The molecule has 0 radical (unpaired) electrons. The van der Waals surface area contributed by atoms with E-state index in [0.29, 0.717) is 22.6 Å². The fraction of sp³-hybridized carbons (Fsp3) is 0.143. The minimum absolute atomic E-state index is 0.322. The molecule has 0 saturated carbocycles. The first-order valence-electron chi connectivity index (χ1n) is 8.50. The van der Waals surface area contributed by atoms with Gasteiger partial charge < -0.3 is 10.6 Å². The van der Waals surface area contributed by atoms with Crippen molar-refractivity contribution in [2.75, 3.05) is 10.6 Å². The van der Waals surface area contributed by atoms with Gasteiger partial charge in [-0.1, -0.05) is 12.1 Å². The number of hydrogen-bond donors (Lipinski definition) is 2. The summed E-state index contributed by atoms with van der Waals surface area (Å²) in [5, 5.41) is 5.80. The lowest BCUT2D eigenvalue weighted by molar-refractivity contribution is -0.137. The van der Waals surface area contributed by atoms with Crippen LogP contribution in [0, 0.1) is 13.8 Å². The third kappa shape index (κ3) is 4.68. The molecule has 0 aliphatic rings. The first kappa shape index (κ1) is 19.4. The van der Waals surface area contributed by atoms with E-state index in [-0.39, 0.29) is 5.91 Å². The molecule has 4 nitrogen and oxygen atoms in total. The summed E-state index contributed by atoms with van der Waals surface area (Å²) in [4.78, 5) is 16.6.